The second-order valence-corrected chi connectivity index (χ2v) is 5.12. The first-order valence-electron chi connectivity index (χ1n) is 7.08. The number of unbranched alkanes of at least 4 members (excludes halogenated alkanes) is 1. The van der Waals surface area contributed by atoms with Crippen LogP contribution in [0, 0.1) is 5.92 Å². The third-order valence-corrected chi connectivity index (χ3v) is 3.59. The number of carbonyl (C=O) groups is 1. The van der Waals surface area contributed by atoms with Gasteiger partial charge >= 0.3 is 5.97 Å². The minimum Gasteiger partial charge on any atom is -0.464 e. The molecule has 1 fully saturated rings. The van der Waals surface area contributed by atoms with Crippen molar-refractivity contribution in [1.29, 1.82) is 0 Å². The Kier molecular flexibility index (Phi) is 7.25. The standard InChI is InChI=1S/C14H26O3/c1-2-3-11-17-14(16)13(15)10-9-12-7-5-4-6-8-12/h12-13,15H,2-11H2,1H3/t13-/m1/s1. The summed E-state index contributed by atoms with van der Waals surface area (Å²) < 4.78 is 5.00. The molecule has 1 aliphatic rings. The van der Waals surface area contributed by atoms with Crippen LogP contribution < -0.4 is 0 Å². The quantitative estimate of drug-likeness (QED) is 0.551. The summed E-state index contributed by atoms with van der Waals surface area (Å²) in [6.45, 7) is 2.49. The Labute approximate surface area is 105 Å². The lowest BCUT2D eigenvalue weighted by Gasteiger charge is -2.22. The molecule has 3 heteroatoms. The summed E-state index contributed by atoms with van der Waals surface area (Å²) in [6.07, 6.45) is 8.98. The highest BCUT2D eigenvalue weighted by Crippen LogP contribution is 2.27. The normalized spacial score (nSPS) is 18.9. The highest BCUT2D eigenvalue weighted by Gasteiger charge is 2.20. The number of hydrogen-bond donors (Lipinski definition) is 1. The lowest BCUT2D eigenvalue weighted by atomic mass is 9.85. The first-order chi connectivity index (χ1) is 8.24. The second-order valence-electron chi connectivity index (χ2n) is 5.12. The van der Waals surface area contributed by atoms with Gasteiger partial charge < -0.3 is 9.84 Å². The number of hydrogen-bond acceptors (Lipinski definition) is 3. The fourth-order valence-corrected chi connectivity index (χ4v) is 2.40. The van der Waals surface area contributed by atoms with Crippen molar-refractivity contribution in [3.63, 3.8) is 0 Å². The Hall–Kier alpha value is -0.570. The van der Waals surface area contributed by atoms with E-state index < -0.39 is 12.1 Å². The van der Waals surface area contributed by atoms with Gasteiger partial charge in [0.2, 0.25) is 0 Å². The molecule has 3 nitrogen and oxygen atoms in total. The molecule has 1 aliphatic carbocycles. The zero-order valence-corrected chi connectivity index (χ0v) is 11.0. The van der Waals surface area contributed by atoms with Gasteiger partial charge in [0.15, 0.2) is 6.10 Å². The zero-order valence-electron chi connectivity index (χ0n) is 11.0. The molecule has 0 spiro atoms. The van der Waals surface area contributed by atoms with E-state index in [0.717, 1.165) is 19.3 Å². The van der Waals surface area contributed by atoms with E-state index in [9.17, 15) is 9.90 Å². The van der Waals surface area contributed by atoms with Gasteiger partial charge in [0.1, 0.15) is 0 Å². The van der Waals surface area contributed by atoms with Crippen molar-refractivity contribution in [3.8, 4) is 0 Å². The fraction of sp³-hybridized carbons (Fsp3) is 0.929. The van der Waals surface area contributed by atoms with Crippen molar-refractivity contribution < 1.29 is 14.6 Å². The predicted molar refractivity (Wildman–Crippen MR) is 67.7 cm³/mol. The molecule has 0 aromatic heterocycles. The lowest BCUT2D eigenvalue weighted by Crippen LogP contribution is -2.24. The zero-order chi connectivity index (χ0) is 12.5. The lowest BCUT2D eigenvalue weighted by molar-refractivity contribution is -0.154. The number of rotatable bonds is 7. The largest absolute Gasteiger partial charge is 0.464 e. The van der Waals surface area contributed by atoms with Crippen LogP contribution in [0.1, 0.15) is 64.7 Å². The van der Waals surface area contributed by atoms with Crippen molar-refractivity contribution >= 4 is 5.97 Å². The van der Waals surface area contributed by atoms with Crippen LogP contribution in [-0.2, 0) is 9.53 Å². The van der Waals surface area contributed by atoms with Crippen molar-refractivity contribution in [3.05, 3.63) is 0 Å². The predicted octanol–water partition coefficient (Wildman–Crippen LogP) is 3.05. The molecule has 0 aromatic rings. The van der Waals surface area contributed by atoms with Crippen LogP contribution in [0.2, 0.25) is 0 Å². The third kappa shape index (κ3) is 6.06. The molecule has 100 valence electrons. The first kappa shape index (κ1) is 14.5. The van der Waals surface area contributed by atoms with Crippen molar-refractivity contribution in [2.75, 3.05) is 6.61 Å². The molecule has 0 amide bonds. The number of aliphatic hydroxyl groups excluding tert-OH is 1. The van der Waals surface area contributed by atoms with Crippen LogP contribution in [0.15, 0.2) is 0 Å². The van der Waals surface area contributed by atoms with E-state index in [1.807, 2.05) is 6.92 Å². The molecule has 1 saturated carbocycles. The van der Waals surface area contributed by atoms with Crippen LogP contribution in [0.4, 0.5) is 0 Å². The minimum absolute atomic E-state index is 0.436. The van der Waals surface area contributed by atoms with Gasteiger partial charge in [0.25, 0.3) is 0 Å². The average Bonchev–Trinajstić information content (AvgIpc) is 2.37. The van der Waals surface area contributed by atoms with Gasteiger partial charge in [-0.05, 0) is 25.2 Å². The highest BCUT2D eigenvalue weighted by atomic mass is 16.5. The van der Waals surface area contributed by atoms with Crippen molar-refractivity contribution in [2.24, 2.45) is 5.92 Å². The van der Waals surface area contributed by atoms with Crippen LogP contribution in [0.25, 0.3) is 0 Å². The summed E-state index contributed by atoms with van der Waals surface area (Å²) >= 11 is 0. The van der Waals surface area contributed by atoms with Gasteiger partial charge in [-0.3, -0.25) is 0 Å². The average molecular weight is 242 g/mol. The van der Waals surface area contributed by atoms with E-state index in [0.29, 0.717) is 18.9 Å². The third-order valence-electron chi connectivity index (χ3n) is 3.59. The Morgan fingerprint density at radius 3 is 2.71 bits per heavy atom. The van der Waals surface area contributed by atoms with Gasteiger partial charge in [-0.1, -0.05) is 45.4 Å². The summed E-state index contributed by atoms with van der Waals surface area (Å²) in [4.78, 5) is 11.4. The second kappa shape index (κ2) is 8.51. The number of ether oxygens (including phenoxy) is 1. The molecule has 0 heterocycles. The highest BCUT2D eigenvalue weighted by molar-refractivity contribution is 5.74. The van der Waals surface area contributed by atoms with E-state index >= 15 is 0 Å². The number of aliphatic hydroxyl groups is 1. The van der Waals surface area contributed by atoms with Gasteiger partial charge in [-0.15, -0.1) is 0 Å². The summed E-state index contributed by atoms with van der Waals surface area (Å²) in [6, 6.07) is 0. The van der Waals surface area contributed by atoms with Crippen molar-refractivity contribution in [1.82, 2.24) is 0 Å². The van der Waals surface area contributed by atoms with Crippen LogP contribution in [0.5, 0.6) is 0 Å². The maximum Gasteiger partial charge on any atom is 0.334 e. The number of carbonyl (C=O) groups excluding carboxylic acids is 1. The van der Waals surface area contributed by atoms with Gasteiger partial charge in [-0.2, -0.15) is 0 Å². The molecule has 17 heavy (non-hydrogen) atoms. The smallest absolute Gasteiger partial charge is 0.334 e. The van der Waals surface area contributed by atoms with Gasteiger partial charge in [-0.25, -0.2) is 4.79 Å². The fourth-order valence-electron chi connectivity index (χ4n) is 2.40. The molecular formula is C14H26O3. The molecule has 0 aliphatic heterocycles. The molecule has 1 atom stereocenters. The SMILES string of the molecule is CCCCOC(=O)[C@H](O)CCC1CCCCC1. The maximum atomic E-state index is 11.4. The van der Waals surface area contributed by atoms with E-state index in [2.05, 4.69) is 0 Å². The maximum absolute atomic E-state index is 11.4. The Morgan fingerprint density at radius 2 is 2.06 bits per heavy atom. The summed E-state index contributed by atoms with van der Waals surface area (Å²) in [5.41, 5.74) is 0. The molecule has 1 rings (SSSR count). The van der Waals surface area contributed by atoms with Crippen LogP contribution in [-0.4, -0.2) is 23.8 Å². The van der Waals surface area contributed by atoms with Gasteiger partial charge in [0.05, 0.1) is 6.61 Å². The van der Waals surface area contributed by atoms with E-state index in [1.54, 1.807) is 0 Å². The molecule has 0 radical (unpaired) electrons. The number of esters is 1. The van der Waals surface area contributed by atoms with E-state index in [-0.39, 0.29) is 0 Å². The van der Waals surface area contributed by atoms with Crippen molar-refractivity contribution in [2.45, 2.75) is 70.8 Å². The summed E-state index contributed by atoms with van der Waals surface area (Å²) in [5.74, 6) is 0.274. The van der Waals surface area contributed by atoms with Gasteiger partial charge in [0, 0.05) is 0 Å². The summed E-state index contributed by atoms with van der Waals surface area (Å²) in [5, 5.41) is 9.67. The molecule has 0 aromatic carbocycles. The molecule has 0 saturated heterocycles. The topological polar surface area (TPSA) is 46.5 Å². The molecule has 0 unspecified atom stereocenters. The van der Waals surface area contributed by atoms with E-state index in [4.69, 9.17) is 4.74 Å². The molecule has 0 bridgehead atoms. The Morgan fingerprint density at radius 1 is 1.35 bits per heavy atom. The monoisotopic (exact) mass is 242 g/mol. The minimum atomic E-state index is -0.909. The Balaban J connectivity index is 2.10. The van der Waals surface area contributed by atoms with E-state index in [1.165, 1.54) is 32.1 Å². The van der Waals surface area contributed by atoms with Crippen LogP contribution in [0.3, 0.4) is 0 Å². The summed E-state index contributed by atoms with van der Waals surface area (Å²) in [7, 11) is 0. The first-order valence-corrected chi connectivity index (χ1v) is 7.08. The molecule has 1 N–H and O–H groups in total. The Bertz CT molecular complexity index is 210. The van der Waals surface area contributed by atoms with Crippen LogP contribution >= 0.6 is 0 Å². The molecular weight excluding hydrogens is 216 g/mol.